The van der Waals surface area contributed by atoms with Crippen molar-refractivity contribution in [2.24, 2.45) is 0 Å². The van der Waals surface area contributed by atoms with Gasteiger partial charge in [0.05, 0.1) is 32.7 Å². The average Bonchev–Trinajstić information content (AvgIpc) is 3.07. The van der Waals surface area contributed by atoms with E-state index in [4.69, 9.17) is 11.6 Å². The van der Waals surface area contributed by atoms with Crippen molar-refractivity contribution < 1.29 is 4.39 Å². The van der Waals surface area contributed by atoms with E-state index in [1.807, 2.05) is 24.3 Å². The van der Waals surface area contributed by atoms with Gasteiger partial charge in [-0.3, -0.25) is 9.97 Å². The quantitative estimate of drug-likeness (QED) is 0.428. The number of imidazole rings is 1. The average molecular weight is 349 g/mol. The van der Waals surface area contributed by atoms with Crippen LogP contribution in [0.25, 0.3) is 44.2 Å². The smallest absolute Gasteiger partial charge is 0.143 e. The molecule has 2 aromatic carbocycles. The van der Waals surface area contributed by atoms with Crippen molar-refractivity contribution in [1.29, 1.82) is 0 Å². The van der Waals surface area contributed by atoms with Gasteiger partial charge in [-0.2, -0.15) is 0 Å². The maximum atomic E-state index is 14.3. The molecule has 1 N–H and O–H groups in total. The summed E-state index contributed by atoms with van der Waals surface area (Å²) >= 11 is 6.20. The number of aromatic nitrogens is 4. The van der Waals surface area contributed by atoms with Crippen LogP contribution in [0.15, 0.2) is 54.9 Å². The number of hydrogen-bond acceptors (Lipinski definition) is 3. The van der Waals surface area contributed by atoms with Crippen molar-refractivity contribution in [1.82, 2.24) is 19.9 Å². The fourth-order valence-electron chi connectivity index (χ4n) is 3.19. The monoisotopic (exact) mass is 348 g/mol. The molecule has 0 radical (unpaired) electrons. The second-order valence-electron chi connectivity index (χ2n) is 5.70. The minimum Gasteiger partial charge on any atom is -0.337 e. The zero-order chi connectivity index (χ0) is 17.0. The third kappa shape index (κ3) is 2.03. The van der Waals surface area contributed by atoms with Gasteiger partial charge >= 0.3 is 0 Å². The molecule has 25 heavy (non-hydrogen) atoms. The second kappa shape index (κ2) is 5.22. The molecule has 6 heteroatoms. The molecule has 0 saturated carbocycles. The number of fused-ring (bicyclic) bond motifs is 6. The molecule has 0 amide bonds. The Morgan fingerprint density at radius 3 is 2.32 bits per heavy atom. The van der Waals surface area contributed by atoms with E-state index in [0.717, 1.165) is 32.8 Å². The van der Waals surface area contributed by atoms with Gasteiger partial charge in [0, 0.05) is 23.2 Å². The highest BCUT2D eigenvalue weighted by Gasteiger charge is 2.18. The number of hydrogen-bond donors (Lipinski definition) is 1. The molecule has 0 aliphatic heterocycles. The molecule has 4 nitrogen and oxygen atoms in total. The van der Waals surface area contributed by atoms with Crippen LogP contribution in [0.5, 0.6) is 0 Å². The SMILES string of the molecule is Fc1cccc(Cl)c1-c1nc2c3cccnc3c3ncccc3c2[nH]1. The Labute approximate surface area is 146 Å². The number of benzene rings is 2. The van der Waals surface area contributed by atoms with Gasteiger partial charge in [-0.15, -0.1) is 0 Å². The number of halogens is 2. The maximum absolute atomic E-state index is 14.3. The molecule has 3 heterocycles. The van der Waals surface area contributed by atoms with E-state index in [1.54, 1.807) is 24.5 Å². The van der Waals surface area contributed by atoms with Crippen molar-refractivity contribution >= 4 is 44.4 Å². The Morgan fingerprint density at radius 2 is 1.56 bits per heavy atom. The van der Waals surface area contributed by atoms with Crippen LogP contribution in [0.1, 0.15) is 0 Å². The molecular weight excluding hydrogens is 339 g/mol. The molecule has 0 fully saturated rings. The van der Waals surface area contributed by atoms with E-state index in [-0.39, 0.29) is 5.56 Å². The molecule has 0 saturated heterocycles. The lowest BCUT2D eigenvalue weighted by atomic mass is 10.1. The van der Waals surface area contributed by atoms with Gasteiger partial charge in [0.15, 0.2) is 0 Å². The summed E-state index contributed by atoms with van der Waals surface area (Å²) in [7, 11) is 0. The van der Waals surface area contributed by atoms with Crippen LogP contribution < -0.4 is 0 Å². The van der Waals surface area contributed by atoms with Crippen LogP contribution >= 0.6 is 11.6 Å². The molecular formula is C19H10ClFN4. The largest absolute Gasteiger partial charge is 0.337 e. The number of nitrogens with one attached hydrogen (secondary N) is 1. The van der Waals surface area contributed by atoms with E-state index < -0.39 is 5.82 Å². The Kier molecular flexibility index (Phi) is 2.99. The van der Waals surface area contributed by atoms with Crippen molar-refractivity contribution in [3.05, 3.63) is 65.7 Å². The van der Waals surface area contributed by atoms with Gasteiger partial charge in [0.25, 0.3) is 0 Å². The van der Waals surface area contributed by atoms with Gasteiger partial charge in [0.2, 0.25) is 0 Å². The van der Waals surface area contributed by atoms with E-state index >= 15 is 0 Å². The van der Waals surface area contributed by atoms with Gasteiger partial charge in [-0.05, 0) is 36.4 Å². The number of pyridine rings is 2. The normalized spacial score (nSPS) is 11.6. The molecule has 0 aliphatic rings. The highest BCUT2D eigenvalue weighted by molar-refractivity contribution is 6.33. The van der Waals surface area contributed by atoms with E-state index in [1.165, 1.54) is 6.07 Å². The molecule has 0 spiro atoms. The summed E-state index contributed by atoms with van der Waals surface area (Å²) in [4.78, 5) is 16.8. The number of rotatable bonds is 1. The minimum atomic E-state index is -0.420. The lowest BCUT2D eigenvalue weighted by Gasteiger charge is -2.03. The van der Waals surface area contributed by atoms with Crippen LogP contribution in [0.2, 0.25) is 5.02 Å². The second-order valence-corrected chi connectivity index (χ2v) is 6.11. The number of aromatic amines is 1. The third-order valence-corrected chi connectivity index (χ3v) is 4.58. The summed E-state index contributed by atoms with van der Waals surface area (Å²) in [5, 5.41) is 2.05. The van der Waals surface area contributed by atoms with E-state index in [2.05, 4.69) is 19.9 Å². The summed E-state index contributed by atoms with van der Waals surface area (Å²) in [6.45, 7) is 0. The Morgan fingerprint density at radius 1 is 0.840 bits per heavy atom. The summed E-state index contributed by atoms with van der Waals surface area (Å²) in [5.74, 6) is -0.0315. The van der Waals surface area contributed by atoms with Gasteiger partial charge in [0.1, 0.15) is 11.6 Å². The summed E-state index contributed by atoms with van der Waals surface area (Å²) in [6.07, 6.45) is 3.46. The maximum Gasteiger partial charge on any atom is 0.143 e. The molecule has 0 bridgehead atoms. The predicted molar refractivity (Wildman–Crippen MR) is 97.1 cm³/mol. The van der Waals surface area contributed by atoms with Crippen molar-refractivity contribution in [3.8, 4) is 11.4 Å². The summed E-state index contributed by atoms with van der Waals surface area (Å²) in [5.41, 5.74) is 3.31. The van der Waals surface area contributed by atoms with Crippen LogP contribution in [-0.4, -0.2) is 19.9 Å². The summed E-state index contributed by atoms with van der Waals surface area (Å²) in [6, 6.07) is 12.2. The van der Waals surface area contributed by atoms with Crippen LogP contribution in [0.3, 0.4) is 0 Å². The highest BCUT2D eigenvalue weighted by atomic mass is 35.5. The van der Waals surface area contributed by atoms with Crippen molar-refractivity contribution in [2.75, 3.05) is 0 Å². The van der Waals surface area contributed by atoms with Crippen molar-refractivity contribution in [2.45, 2.75) is 0 Å². The van der Waals surface area contributed by atoms with Gasteiger partial charge < -0.3 is 4.98 Å². The topological polar surface area (TPSA) is 54.5 Å². The van der Waals surface area contributed by atoms with E-state index in [9.17, 15) is 4.39 Å². The zero-order valence-electron chi connectivity index (χ0n) is 12.8. The first-order chi connectivity index (χ1) is 12.2. The zero-order valence-corrected chi connectivity index (χ0v) is 13.5. The molecule has 5 aromatic rings. The molecule has 0 atom stereocenters. The lowest BCUT2D eigenvalue weighted by molar-refractivity contribution is 0.630. The fourth-order valence-corrected chi connectivity index (χ4v) is 3.44. The van der Waals surface area contributed by atoms with Crippen LogP contribution in [-0.2, 0) is 0 Å². The molecule has 0 unspecified atom stereocenters. The summed E-state index contributed by atoms with van der Waals surface area (Å²) < 4.78 is 14.3. The van der Waals surface area contributed by atoms with Crippen LogP contribution in [0, 0.1) is 5.82 Å². The first-order valence-electron chi connectivity index (χ1n) is 7.69. The first kappa shape index (κ1) is 14.3. The van der Waals surface area contributed by atoms with Gasteiger partial charge in [-0.1, -0.05) is 17.7 Å². The third-order valence-electron chi connectivity index (χ3n) is 4.27. The number of nitrogens with zero attached hydrogens (tertiary/aromatic N) is 3. The predicted octanol–water partition coefficient (Wildman–Crippen LogP) is 5.12. The molecule has 120 valence electrons. The van der Waals surface area contributed by atoms with Crippen molar-refractivity contribution in [3.63, 3.8) is 0 Å². The lowest BCUT2D eigenvalue weighted by Crippen LogP contribution is -1.87. The molecule has 0 aliphatic carbocycles. The Bertz CT molecular complexity index is 1190. The fraction of sp³-hybridized carbons (Fsp3) is 0. The Balaban J connectivity index is 1.98. The molecule has 5 rings (SSSR count). The molecule has 3 aromatic heterocycles. The standard InChI is InChI=1S/C19H10ClFN4/c20-12-6-1-7-13(21)14(12)19-24-17-10-4-2-8-22-15(10)16-11(18(17)25-19)5-3-9-23-16/h1-9H,(H,24,25). The van der Waals surface area contributed by atoms with Gasteiger partial charge in [-0.25, -0.2) is 9.37 Å². The first-order valence-corrected chi connectivity index (χ1v) is 8.07. The van der Waals surface area contributed by atoms with E-state index in [0.29, 0.717) is 10.8 Å². The Hall–Kier alpha value is -3.05. The highest BCUT2D eigenvalue weighted by Crippen LogP contribution is 2.35. The number of H-pyrrole nitrogens is 1. The minimum absolute atomic E-state index is 0.259. The van der Waals surface area contributed by atoms with Crippen LogP contribution in [0.4, 0.5) is 4.39 Å².